The first kappa shape index (κ1) is 12.3. The lowest BCUT2D eigenvalue weighted by Gasteiger charge is -2.22. The molecule has 2 heterocycles. The molecule has 0 aromatic carbocycles. The van der Waals surface area contributed by atoms with Crippen molar-refractivity contribution >= 4 is 27.5 Å². The summed E-state index contributed by atoms with van der Waals surface area (Å²) in [6.07, 6.45) is 4.93. The Morgan fingerprint density at radius 2 is 2.44 bits per heavy atom. The van der Waals surface area contributed by atoms with Gasteiger partial charge in [-0.15, -0.1) is 0 Å². The summed E-state index contributed by atoms with van der Waals surface area (Å²) < 4.78 is 11.9. The smallest absolute Gasteiger partial charge is 0.158 e. The molecule has 1 aliphatic rings. The molecule has 0 radical (unpaired) electrons. The van der Waals surface area contributed by atoms with E-state index in [1.165, 1.54) is 6.42 Å². The van der Waals surface area contributed by atoms with Gasteiger partial charge in [-0.1, -0.05) is 11.6 Å². The zero-order chi connectivity index (χ0) is 11.4. The summed E-state index contributed by atoms with van der Waals surface area (Å²) in [6.45, 7) is 1.31. The van der Waals surface area contributed by atoms with Crippen molar-refractivity contribution in [3.63, 3.8) is 0 Å². The Bertz CT molecular complexity index is 356. The highest BCUT2D eigenvalue weighted by atomic mass is 79.9. The molecular formula is C11H13BrClNO2. The van der Waals surface area contributed by atoms with Gasteiger partial charge < -0.3 is 9.47 Å². The molecule has 88 valence electrons. The van der Waals surface area contributed by atoms with E-state index in [1.807, 2.05) is 6.07 Å². The number of hydrogen-bond donors (Lipinski definition) is 0. The fourth-order valence-corrected chi connectivity index (χ4v) is 2.07. The van der Waals surface area contributed by atoms with Crippen LogP contribution >= 0.6 is 27.5 Å². The van der Waals surface area contributed by atoms with Gasteiger partial charge in [0.1, 0.15) is 5.15 Å². The van der Waals surface area contributed by atoms with Crippen molar-refractivity contribution in [2.24, 2.45) is 0 Å². The summed E-state index contributed by atoms with van der Waals surface area (Å²) in [7, 11) is 0. The first-order valence-corrected chi connectivity index (χ1v) is 6.46. The standard InChI is InChI=1S/C11H13BrClNO2/c12-9-5-8(6-14-11(9)13)7-16-10-3-1-2-4-15-10/h5-6,10H,1-4,7H2. The third kappa shape index (κ3) is 3.42. The predicted molar refractivity (Wildman–Crippen MR) is 65.3 cm³/mol. The van der Waals surface area contributed by atoms with E-state index < -0.39 is 0 Å². The molecule has 0 N–H and O–H groups in total. The van der Waals surface area contributed by atoms with Crippen molar-refractivity contribution in [3.05, 3.63) is 27.5 Å². The summed E-state index contributed by atoms with van der Waals surface area (Å²) in [5.74, 6) is 0. The molecule has 0 bridgehead atoms. The van der Waals surface area contributed by atoms with Crippen molar-refractivity contribution in [1.82, 2.24) is 4.98 Å². The largest absolute Gasteiger partial charge is 0.353 e. The molecule has 0 amide bonds. The number of hydrogen-bond acceptors (Lipinski definition) is 3. The van der Waals surface area contributed by atoms with E-state index in [0.29, 0.717) is 11.8 Å². The van der Waals surface area contributed by atoms with Crippen molar-refractivity contribution in [1.29, 1.82) is 0 Å². The summed E-state index contributed by atoms with van der Waals surface area (Å²) in [6, 6.07) is 1.91. The zero-order valence-electron chi connectivity index (χ0n) is 8.79. The SMILES string of the molecule is Clc1ncc(COC2CCCCO2)cc1Br. The molecule has 1 saturated heterocycles. The minimum Gasteiger partial charge on any atom is -0.353 e. The minimum atomic E-state index is -0.0665. The van der Waals surface area contributed by atoms with Crippen LogP contribution in [0.5, 0.6) is 0 Å². The van der Waals surface area contributed by atoms with Crippen LogP contribution in [0.4, 0.5) is 0 Å². The van der Waals surface area contributed by atoms with Crippen molar-refractivity contribution in [2.45, 2.75) is 32.2 Å². The van der Waals surface area contributed by atoms with Gasteiger partial charge in [0.15, 0.2) is 6.29 Å². The predicted octanol–water partition coefficient (Wildman–Crippen LogP) is 3.54. The third-order valence-electron chi connectivity index (χ3n) is 2.43. The number of aromatic nitrogens is 1. The number of pyridine rings is 1. The Balaban J connectivity index is 1.86. The van der Waals surface area contributed by atoms with Crippen LogP contribution < -0.4 is 0 Å². The molecule has 1 aromatic rings. The Kier molecular flexibility index (Phi) is 4.58. The molecule has 16 heavy (non-hydrogen) atoms. The lowest BCUT2D eigenvalue weighted by molar-refractivity contribution is -0.168. The van der Waals surface area contributed by atoms with Crippen molar-refractivity contribution < 1.29 is 9.47 Å². The van der Waals surface area contributed by atoms with Crippen LogP contribution in [0.2, 0.25) is 5.15 Å². The van der Waals surface area contributed by atoms with E-state index in [2.05, 4.69) is 20.9 Å². The average molecular weight is 307 g/mol. The second kappa shape index (κ2) is 5.96. The molecule has 0 aliphatic carbocycles. The van der Waals surface area contributed by atoms with Gasteiger partial charge in [-0.05, 0) is 46.8 Å². The second-order valence-electron chi connectivity index (χ2n) is 3.72. The lowest BCUT2D eigenvalue weighted by atomic mass is 10.2. The Hall–Kier alpha value is -0.160. The fourth-order valence-electron chi connectivity index (χ4n) is 1.57. The molecule has 1 aliphatic heterocycles. The Morgan fingerprint density at radius 1 is 1.56 bits per heavy atom. The average Bonchev–Trinajstić information content (AvgIpc) is 2.32. The van der Waals surface area contributed by atoms with Gasteiger partial charge in [-0.3, -0.25) is 0 Å². The van der Waals surface area contributed by atoms with E-state index in [9.17, 15) is 0 Å². The highest BCUT2D eigenvalue weighted by Gasteiger charge is 2.14. The van der Waals surface area contributed by atoms with E-state index in [-0.39, 0.29) is 6.29 Å². The molecule has 0 spiro atoms. The van der Waals surface area contributed by atoms with Crippen LogP contribution in [0.3, 0.4) is 0 Å². The summed E-state index contributed by atoms with van der Waals surface area (Å²) in [5.41, 5.74) is 0.991. The molecule has 0 saturated carbocycles. The summed E-state index contributed by atoms with van der Waals surface area (Å²) in [4.78, 5) is 4.04. The molecule has 2 rings (SSSR count). The first-order chi connectivity index (χ1) is 7.75. The Labute approximate surface area is 108 Å². The third-order valence-corrected chi connectivity index (χ3v) is 3.56. The summed E-state index contributed by atoms with van der Waals surface area (Å²) in [5, 5.41) is 0.470. The van der Waals surface area contributed by atoms with E-state index >= 15 is 0 Å². The van der Waals surface area contributed by atoms with E-state index in [0.717, 1.165) is 29.5 Å². The van der Waals surface area contributed by atoms with Gasteiger partial charge in [0, 0.05) is 12.8 Å². The highest BCUT2D eigenvalue weighted by Crippen LogP contribution is 2.22. The minimum absolute atomic E-state index is 0.0665. The molecule has 1 aromatic heterocycles. The molecule has 5 heteroatoms. The maximum Gasteiger partial charge on any atom is 0.158 e. The number of halogens is 2. The van der Waals surface area contributed by atoms with Crippen LogP contribution in [-0.2, 0) is 16.1 Å². The van der Waals surface area contributed by atoms with Crippen LogP contribution in [0.1, 0.15) is 24.8 Å². The molecule has 1 fully saturated rings. The number of rotatable bonds is 3. The van der Waals surface area contributed by atoms with Gasteiger partial charge in [0.2, 0.25) is 0 Å². The van der Waals surface area contributed by atoms with Crippen LogP contribution in [0.25, 0.3) is 0 Å². The molecule has 1 unspecified atom stereocenters. The summed E-state index contributed by atoms with van der Waals surface area (Å²) >= 11 is 9.14. The van der Waals surface area contributed by atoms with Crippen LogP contribution in [-0.4, -0.2) is 17.9 Å². The van der Waals surface area contributed by atoms with Gasteiger partial charge in [0.05, 0.1) is 11.1 Å². The quantitative estimate of drug-likeness (QED) is 0.800. The zero-order valence-corrected chi connectivity index (χ0v) is 11.1. The van der Waals surface area contributed by atoms with Crippen LogP contribution in [0.15, 0.2) is 16.7 Å². The Morgan fingerprint density at radius 3 is 3.12 bits per heavy atom. The fraction of sp³-hybridized carbons (Fsp3) is 0.545. The monoisotopic (exact) mass is 305 g/mol. The van der Waals surface area contributed by atoms with E-state index in [1.54, 1.807) is 6.20 Å². The van der Waals surface area contributed by atoms with Crippen molar-refractivity contribution in [3.8, 4) is 0 Å². The molecule has 1 atom stereocenters. The normalized spacial score (nSPS) is 21.0. The maximum absolute atomic E-state index is 5.81. The first-order valence-electron chi connectivity index (χ1n) is 5.29. The molecule has 3 nitrogen and oxygen atoms in total. The van der Waals surface area contributed by atoms with Gasteiger partial charge in [0.25, 0.3) is 0 Å². The maximum atomic E-state index is 5.81. The van der Waals surface area contributed by atoms with Crippen LogP contribution in [0, 0.1) is 0 Å². The second-order valence-corrected chi connectivity index (χ2v) is 4.94. The lowest BCUT2D eigenvalue weighted by Crippen LogP contribution is -2.22. The topological polar surface area (TPSA) is 31.4 Å². The number of ether oxygens (including phenoxy) is 2. The highest BCUT2D eigenvalue weighted by molar-refractivity contribution is 9.10. The van der Waals surface area contributed by atoms with E-state index in [4.69, 9.17) is 21.1 Å². The molecular weight excluding hydrogens is 293 g/mol. The van der Waals surface area contributed by atoms with Crippen molar-refractivity contribution in [2.75, 3.05) is 6.61 Å². The van der Waals surface area contributed by atoms with Gasteiger partial charge in [-0.25, -0.2) is 4.98 Å². The van der Waals surface area contributed by atoms with Gasteiger partial charge in [-0.2, -0.15) is 0 Å². The van der Waals surface area contributed by atoms with Gasteiger partial charge >= 0.3 is 0 Å². The number of nitrogens with zero attached hydrogens (tertiary/aromatic N) is 1.